The highest BCUT2D eigenvalue weighted by Crippen LogP contribution is 2.08. The first-order chi connectivity index (χ1) is 8.31. The molecule has 0 spiro atoms. The maximum atomic E-state index is 11.1. The fraction of sp³-hybridized carbons (Fsp3) is 0.800. The Labute approximate surface area is 106 Å². The first-order valence-electron chi connectivity index (χ1n) is 7.08. The molecule has 0 amide bonds. The molecule has 0 saturated heterocycles. The average Bonchev–Trinajstić information content (AvgIpc) is 2.34. The molecule has 0 radical (unpaired) electrons. The molecule has 0 aromatic heterocycles. The van der Waals surface area contributed by atoms with Crippen molar-refractivity contribution in [3.63, 3.8) is 0 Å². The Bertz CT molecular complexity index is 197. The summed E-state index contributed by atoms with van der Waals surface area (Å²) in [7, 11) is 0. The molecule has 0 aliphatic heterocycles. The minimum absolute atomic E-state index is 0.106. The van der Waals surface area contributed by atoms with Crippen LogP contribution < -0.4 is 0 Å². The molecule has 17 heavy (non-hydrogen) atoms. The molecule has 0 heterocycles. The molecule has 0 bridgehead atoms. The van der Waals surface area contributed by atoms with E-state index in [1.807, 2.05) is 19.1 Å². The van der Waals surface area contributed by atoms with Crippen molar-refractivity contribution in [1.29, 1.82) is 0 Å². The van der Waals surface area contributed by atoms with Crippen LogP contribution in [0.5, 0.6) is 0 Å². The van der Waals surface area contributed by atoms with Crippen molar-refractivity contribution in [2.75, 3.05) is 6.61 Å². The van der Waals surface area contributed by atoms with Gasteiger partial charge >= 0.3 is 5.97 Å². The minimum atomic E-state index is -0.106. The van der Waals surface area contributed by atoms with E-state index in [1.54, 1.807) is 0 Å². The lowest BCUT2D eigenvalue weighted by atomic mass is 10.1. The molecule has 0 N–H and O–H groups in total. The van der Waals surface area contributed by atoms with Crippen molar-refractivity contribution < 1.29 is 9.53 Å². The quantitative estimate of drug-likeness (QED) is 0.299. The van der Waals surface area contributed by atoms with E-state index in [0.29, 0.717) is 13.0 Å². The van der Waals surface area contributed by atoms with Crippen molar-refractivity contribution in [2.45, 2.75) is 71.6 Å². The van der Waals surface area contributed by atoms with Gasteiger partial charge in [0.2, 0.25) is 0 Å². The van der Waals surface area contributed by atoms with E-state index in [9.17, 15) is 4.79 Å². The van der Waals surface area contributed by atoms with E-state index in [4.69, 9.17) is 4.74 Å². The second kappa shape index (κ2) is 13.3. The van der Waals surface area contributed by atoms with Gasteiger partial charge in [0, 0.05) is 0 Å². The zero-order valence-electron chi connectivity index (χ0n) is 11.5. The smallest absolute Gasteiger partial charge is 0.309 e. The fourth-order valence-electron chi connectivity index (χ4n) is 1.69. The molecule has 0 aromatic rings. The largest absolute Gasteiger partial charge is 0.465 e. The normalized spacial score (nSPS) is 10.9. The van der Waals surface area contributed by atoms with E-state index >= 15 is 0 Å². The lowest BCUT2D eigenvalue weighted by molar-refractivity contribution is -0.142. The highest BCUT2D eigenvalue weighted by Gasteiger charge is 1.98. The summed E-state index contributed by atoms with van der Waals surface area (Å²) in [5.74, 6) is -0.106. The summed E-state index contributed by atoms with van der Waals surface area (Å²) in [6, 6.07) is 0. The van der Waals surface area contributed by atoms with Gasteiger partial charge in [-0.3, -0.25) is 4.79 Å². The SMILES string of the molecule is CC=CCC(=O)OCCCCCCCCCC. The van der Waals surface area contributed by atoms with Crippen LogP contribution in [-0.2, 0) is 9.53 Å². The zero-order chi connectivity index (χ0) is 12.8. The lowest BCUT2D eigenvalue weighted by Gasteiger charge is -2.03. The monoisotopic (exact) mass is 240 g/mol. The molecule has 0 aromatic carbocycles. The van der Waals surface area contributed by atoms with Gasteiger partial charge in [-0.05, 0) is 13.3 Å². The highest BCUT2D eigenvalue weighted by atomic mass is 16.5. The summed E-state index contributed by atoms with van der Waals surface area (Å²) < 4.78 is 5.10. The molecule has 0 unspecified atom stereocenters. The first kappa shape index (κ1) is 16.2. The minimum Gasteiger partial charge on any atom is -0.465 e. The summed E-state index contributed by atoms with van der Waals surface area (Å²) in [6.07, 6.45) is 14.3. The summed E-state index contributed by atoms with van der Waals surface area (Å²) in [5, 5.41) is 0. The molecule has 0 fully saturated rings. The van der Waals surface area contributed by atoms with E-state index in [1.165, 1.54) is 44.9 Å². The maximum absolute atomic E-state index is 11.1. The number of esters is 1. The van der Waals surface area contributed by atoms with Crippen LogP contribution in [-0.4, -0.2) is 12.6 Å². The van der Waals surface area contributed by atoms with Gasteiger partial charge in [-0.25, -0.2) is 0 Å². The summed E-state index contributed by atoms with van der Waals surface area (Å²) in [6.45, 7) is 4.74. The Morgan fingerprint density at radius 1 is 1.00 bits per heavy atom. The number of unbranched alkanes of at least 4 members (excludes halogenated alkanes) is 7. The fourth-order valence-corrected chi connectivity index (χ4v) is 1.69. The number of hydrogen-bond donors (Lipinski definition) is 0. The molecule has 0 rings (SSSR count). The molecule has 2 nitrogen and oxygen atoms in total. The average molecular weight is 240 g/mol. The second-order valence-corrected chi connectivity index (χ2v) is 4.47. The Morgan fingerprint density at radius 3 is 2.18 bits per heavy atom. The molecule has 0 saturated carbocycles. The number of carbonyl (C=O) groups excluding carboxylic acids is 1. The van der Waals surface area contributed by atoms with Gasteiger partial charge in [-0.15, -0.1) is 0 Å². The number of carbonyl (C=O) groups is 1. The number of rotatable bonds is 11. The van der Waals surface area contributed by atoms with Gasteiger partial charge in [0.1, 0.15) is 0 Å². The molecular formula is C15H28O2. The van der Waals surface area contributed by atoms with Crippen molar-refractivity contribution in [1.82, 2.24) is 0 Å². The summed E-state index contributed by atoms with van der Waals surface area (Å²) in [4.78, 5) is 11.1. The van der Waals surface area contributed by atoms with Crippen molar-refractivity contribution in [3.05, 3.63) is 12.2 Å². The van der Waals surface area contributed by atoms with E-state index < -0.39 is 0 Å². The Kier molecular flexibility index (Phi) is 12.7. The van der Waals surface area contributed by atoms with Crippen molar-refractivity contribution in [3.8, 4) is 0 Å². The van der Waals surface area contributed by atoms with Crippen LogP contribution in [0.2, 0.25) is 0 Å². The van der Waals surface area contributed by atoms with Gasteiger partial charge in [-0.2, -0.15) is 0 Å². The predicted octanol–water partition coefficient (Wildman–Crippen LogP) is 4.64. The van der Waals surface area contributed by atoms with E-state index in [-0.39, 0.29) is 5.97 Å². The van der Waals surface area contributed by atoms with Crippen molar-refractivity contribution in [2.24, 2.45) is 0 Å². The Hall–Kier alpha value is -0.790. The van der Waals surface area contributed by atoms with Crippen LogP contribution in [0.3, 0.4) is 0 Å². The van der Waals surface area contributed by atoms with Crippen LogP contribution >= 0.6 is 0 Å². The highest BCUT2D eigenvalue weighted by molar-refractivity contribution is 5.71. The summed E-state index contributed by atoms with van der Waals surface area (Å²) >= 11 is 0. The van der Waals surface area contributed by atoms with E-state index in [0.717, 1.165) is 6.42 Å². The number of allylic oxidation sites excluding steroid dienone is 1. The van der Waals surface area contributed by atoms with Gasteiger partial charge < -0.3 is 4.74 Å². The first-order valence-corrected chi connectivity index (χ1v) is 7.08. The third-order valence-corrected chi connectivity index (χ3v) is 2.78. The standard InChI is InChI=1S/C15H28O2/c1-3-5-7-8-9-10-11-12-14-17-15(16)13-6-4-2/h4,6H,3,5,7-14H2,1-2H3. The van der Waals surface area contributed by atoms with Crippen LogP contribution in [0.4, 0.5) is 0 Å². The van der Waals surface area contributed by atoms with E-state index in [2.05, 4.69) is 6.92 Å². The third kappa shape index (κ3) is 13.1. The second-order valence-electron chi connectivity index (χ2n) is 4.47. The zero-order valence-corrected chi connectivity index (χ0v) is 11.5. The van der Waals surface area contributed by atoms with Crippen LogP contribution in [0, 0.1) is 0 Å². The van der Waals surface area contributed by atoms with Crippen LogP contribution in [0.25, 0.3) is 0 Å². The van der Waals surface area contributed by atoms with Gasteiger partial charge in [0.15, 0.2) is 0 Å². The molecule has 0 atom stereocenters. The van der Waals surface area contributed by atoms with Crippen LogP contribution in [0.15, 0.2) is 12.2 Å². The topological polar surface area (TPSA) is 26.3 Å². The molecule has 100 valence electrons. The number of hydrogen-bond acceptors (Lipinski definition) is 2. The molecule has 0 aliphatic rings. The predicted molar refractivity (Wildman–Crippen MR) is 73.0 cm³/mol. The van der Waals surface area contributed by atoms with Gasteiger partial charge in [0.25, 0.3) is 0 Å². The Balaban J connectivity index is 3.10. The lowest BCUT2D eigenvalue weighted by Crippen LogP contribution is -2.04. The van der Waals surface area contributed by atoms with Crippen LogP contribution in [0.1, 0.15) is 71.6 Å². The molecule has 2 heteroatoms. The van der Waals surface area contributed by atoms with Crippen molar-refractivity contribution >= 4 is 5.97 Å². The molecule has 0 aliphatic carbocycles. The molecular weight excluding hydrogens is 212 g/mol. The van der Waals surface area contributed by atoms with Gasteiger partial charge in [0.05, 0.1) is 13.0 Å². The maximum Gasteiger partial charge on any atom is 0.309 e. The van der Waals surface area contributed by atoms with Gasteiger partial charge in [-0.1, -0.05) is 64.0 Å². The number of ether oxygens (including phenoxy) is 1. The Morgan fingerprint density at radius 2 is 1.59 bits per heavy atom. The summed E-state index contributed by atoms with van der Waals surface area (Å²) in [5.41, 5.74) is 0. The third-order valence-electron chi connectivity index (χ3n) is 2.78.